The van der Waals surface area contributed by atoms with E-state index in [-0.39, 0.29) is 6.04 Å². The van der Waals surface area contributed by atoms with Gasteiger partial charge in [-0.1, -0.05) is 78.9 Å². The van der Waals surface area contributed by atoms with E-state index < -0.39 is 0 Å². The van der Waals surface area contributed by atoms with Crippen molar-refractivity contribution in [3.8, 4) is 11.1 Å². The van der Waals surface area contributed by atoms with Crippen molar-refractivity contribution >= 4 is 28.3 Å². The Labute approximate surface area is 218 Å². The lowest BCUT2D eigenvalue weighted by atomic mass is 10.0. The van der Waals surface area contributed by atoms with Crippen molar-refractivity contribution < 1.29 is 9.52 Å². The van der Waals surface area contributed by atoms with Crippen LogP contribution in [0.4, 0.5) is 5.69 Å². The van der Waals surface area contributed by atoms with E-state index in [1.807, 2.05) is 39.0 Å². The average Bonchev–Trinajstić information content (AvgIpc) is 3.51. The largest absolute Gasteiger partial charge is 0.510 e. The molecule has 3 aromatic carbocycles. The molecule has 1 heterocycles. The Morgan fingerprint density at radius 2 is 1.65 bits per heavy atom. The lowest BCUT2D eigenvalue weighted by Gasteiger charge is -2.32. The van der Waals surface area contributed by atoms with Crippen molar-refractivity contribution in [3.63, 3.8) is 0 Å². The van der Waals surface area contributed by atoms with Gasteiger partial charge in [0.1, 0.15) is 16.8 Å². The fraction of sp³-hybridized carbons (Fsp3) is 0.176. The predicted octanol–water partition coefficient (Wildman–Crippen LogP) is 7.64. The molecule has 0 saturated carbocycles. The molecular formula is C34H33NO2. The number of aliphatic hydroxyl groups excluding tert-OH is 1. The Kier molecular flexibility index (Phi) is 7.14. The first-order chi connectivity index (χ1) is 18.1. The van der Waals surface area contributed by atoms with Gasteiger partial charge in [0.15, 0.2) is 0 Å². The maximum atomic E-state index is 10.7. The van der Waals surface area contributed by atoms with Crippen molar-refractivity contribution in [2.75, 3.05) is 4.90 Å². The first kappa shape index (κ1) is 24.5. The Morgan fingerprint density at radius 1 is 0.946 bits per heavy atom. The number of benzene rings is 3. The second kappa shape index (κ2) is 10.8. The number of hydrogen-bond acceptors (Lipinski definition) is 3. The van der Waals surface area contributed by atoms with Gasteiger partial charge in [-0.2, -0.15) is 0 Å². The number of fused-ring (bicyclic) bond motifs is 3. The van der Waals surface area contributed by atoms with Crippen molar-refractivity contribution in [1.82, 2.24) is 0 Å². The van der Waals surface area contributed by atoms with E-state index in [0.717, 1.165) is 35.2 Å². The first-order valence-electron chi connectivity index (χ1n) is 12.9. The summed E-state index contributed by atoms with van der Waals surface area (Å²) in [6, 6.07) is 26.9. The maximum Gasteiger partial charge on any atom is 0.135 e. The molecule has 0 aliphatic heterocycles. The molecule has 1 atom stereocenters. The topological polar surface area (TPSA) is 36.6 Å². The summed E-state index contributed by atoms with van der Waals surface area (Å²) in [5, 5.41) is 13.1. The van der Waals surface area contributed by atoms with Crippen LogP contribution in [0.1, 0.15) is 33.6 Å². The number of para-hydroxylation sites is 1. The highest BCUT2D eigenvalue weighted by atomic mass is 16.3. The van der Waals surface area contributed by atoms with Gasteiger partial charge in [0.25, 0.3) is 0 Å². The summed E-state index contributed by atoms with van der Waals surface area (Å²) < 4.78 is 6.24. The van der Waals surface area contributed by atoms with Gasteiger partial charge in [-0.25, -0.2) is 0 Å². The summed E-state index contributed by atoms with van der Waals surface area (Å²) >= 11 is 0. The zero-order valence-corrected chi connectivity index (χ0v) is 21.7. The van der Waals surface area contributed by atoms with Crippen molar-refractivity contribution in [3.05, 3.63) is 125 Å². The summed E-state index contributed by atoms with van der Waals surface area (Å²) in [5.41, 5.74) is 7.62. The van der Waals surface area contributed by atoms with Gasteiger partial charge in [-0.05, 0) is 80.7 Å². The van der Waals surface area contributed by atoms with Gasteiger partial charge in [0.05, 0.1) is 6.04 Å². The molecule has 37 heavy (non-hydrogen) atoms. The molecule has 1 aromatic heterocycles. The fourth-order valence-corrected chi connectivity index (χ4v) is 5.08. The van der Waals surface area contributed by atoms with Crippen LogP contribution in [0.25, 0.3) is 33.7 Å². The number of hydrogen-bond donors (Lipinski definition) is 1. The molecule has 0 saturated heterocycles. The van der Waals surface area contributed by atoms with E-state index in [1.54, 1.807) is 6.08 Å². The smallest absolute Gasteiger partial charge is 0.135 e. The molecule has 0 bridgehead atoms. The molecule has 3 nitrogen and oxygen atoms in total. The van der Waals surface area contributed by atoms with E-state index in [1.165, 1.54) is 27.3 Å². The molecule has 4 aromatic rings. The molecular weight excluding hydrogens is 454 g/mol. The molecule has 0 spiro atoms. The molecule has 186 valence electrons. The van der Waals surface area contributed by atoms with E-state index in [0.29, 0.717) is 5.76 Å². The van der Waals surface area contributed by atoms with Crippen LogP contribution in [0.5, 0.6) is 0 Å². The number of furan rings is 1. The first-order valence-corrected chi connectivity index (χ1v) is 12.9. The molecule has 1 N–H and O–H groups in total. The minimum atomic E-state index is -0.225. The van der Waals surface area contributed by atoms with Crippen molar-refractivity contribution in [1.29, 1.82) is 0 Å². The predicted molar refractivity (Wildman–Crippen MR) is 156 cm³/mol. The number of nitrogens with zero attached hydrogens (tertiary/aromatic N) is 1. The Balaban J connectivity index is 1.54. The SMILES string of the molecule is C/C=C\C(=C/CC1=c2oc3ccccc3c2=CC1)N(c1ccc(-c2ccccc2)cc1)C(C)/C(O)=C/C. The standard InChI is InChI=1S/C34H33NO2/c1-4-11-28(22-18-27-19-23-31-30-14-9-10-15-33(30)37-34(27)31)35(24(3)32(36)5-2)29-20-16-26(17-21-29)25-12-7-6-8-13-25/h4-17,20-24,36H,18-19H2,1-3H3/b11-4-,28-22+,32-5-. The lowest BCUT2D eigenvalue weighted by Crippen LogP contribution is -2.33. The number of aliphatic hydroxyl groups is 1. The molecule has 1 aliphatic carbocycles. The summed E-state index contributed by atoms with van der Waals surface area (Å²) in [6.45, 7) is 5.93. The van der Waals surface area contributed by atoms with Crippen LogP contribution in [-0.4, -0.2) is 11.1 Å². The van der Waals surface area contributed by atoms with Crippen molar-refractivity contribution in [2.24, 2.45) is 0 Å². The fourth-order valence-electron chi connectivity index (χ4n) is 5.08. The summed E-state index contributed by atoms with van der Waals surface area (Å²) in [6.07, 6.45) is 12.1. The second-order valence-electron chi connectivity index (χ2n) is 9.36. The van der Waals surface area contributed by atoms with Gasteiger partial charge >= 0.3 is 0 Å². The van der Waals surface area contributed by atoms with Gasteiger partial charge in [-0.3, -0.25) is 0 Å². The highest BCUT2D eigenvalue weighted by Gasteiger charge is 2.21. The highest BCUT2D eigenvalue weighted by Crippen LogP contribution is 2.30. The zero-order chi connectivity index (χ0) is 25.8. The molecule has 5 rings (SSSR count). The average molecular weight is 488 g/mol. The monoisotopic (exact) mass is 487 g/mol. The van der Waals surface area contributed by atoms with Crippen LogP contribution < -0.4 is 15.5 Å². The third kappa shape index (κ3) is 4.90. The maximum absolute atomic E-state index is 10.7. The Hall–Kier alpha value is -4.24. The quantitative estimate of drug-likeness (QED) is 0.205. The highest BCUT2D eigenvalue weighted by molar-refractivity contribution is 5.81. The molecule has 1 unspecified atom stereocenters. The van der Waals surface area contributed by atoms with E-state index in [2.05, 4.69) is 89.9 Å². The molecule has 0 radical (unpaired) electrons. The van der Waals surface area contributed by atoms with Crippen LogP contribution >= 0.6 is 0 Å². The van der Waals surface area contributed by atoms with Crippen LogP contribution in [0.2, 0.25) is 0 Å². The summed E-state index contributed by atoms with van der Waals surface area (Å²) in [5.74, 6) is 0.337. The minimum absolute atomic E-state index is 0.225. The second-order valence-corrected chi connectivity index (χ2v) is 9.36. The van der Waals surface area contributed by atoms with Crippen LogP contribution in [0.15, 0.2) is 119 Å². The zero-order valence-electron chi connectivity index (χ0n) is 21.7. The van der Waals surface area contributed by atoms with E-state index >= 15 is 0 Å². The lowest BCUT2D eigenvalue weighted by molar-refractivity contribution is 0.370. The molecule has 1 aliphatic rings. The normalized spacial score (nSPS) is 14.7. The van der Waals surface area contributed by atoms with E-state index in [9.17, 15) is 5.11 Å². The van der Waals surface area contributed by atoms with Crippen molar-refractivity contribution in [2.45, 2.75) is 39.7 Å². The number of anilines is 1. The number of allylic oxidation sites excluding steroid dienone is 4. The molecule has 0 amide bonds. The van der Waals surface area contributed by atoms with Gasteiger partial charge in [0.2, 0.25) is 0 Å². The summed E-state index contributed by atoms with van der Waals surface area (Å²) in [7, 11) is 0. The third-order valence-electron chi connectivity index (χ3n) is 7.04. The van der Waals surface area contributed by atoms with Crippen LogP contribution in [0.3, 0.4) is 0 Å². The van der Waals surface area contributed by atoms with Crippen LogP contribution in [0, 0.1) is 0 Å². The summed E-state index contributed by atoms with van der Waals surface area (Å²) in [4.78, 5) is 2.20. The molecule has 3 heteroatoms. The minimum Gasteiger partial charge on any atom is -0.510 e. The van der Waals surface area contributed by atoms with Gasteiger partial charge < -0.3 is 14.4 Å². The third-order valence-corrected chi connectivity index (χ3v) is 7.04. The van der Waals surface area contributed by atoms with Gasteiger partial charge in [-0.15, -0.1) is 0 Å². The van der Waals surface area contributed by atoms with Gasteiger partial charge in [0, 0.05) is 22.0 Å². The Bertz CT molecular complexity index is 1600. The molecule has 0 fully saturated rings. The number of rotatable bonds is 8. The van der Waals surface area contributed by atoms with Crippen LogP contribution in [-0.2, 0) is 0 Å². The Morgan fingerprint density at radius 3 is 2.38 bits per heavy atom. The van der Waals surface area contributed by atoms with E-state index in [4.69, 9.17) is 4.42 Å².